The van der Waals surface area contributed by atoms with Crippen LogP contribution in [-0.4, -0.2) is 28.6 Å². The molecule has 1 aliphatic rings. The number of carboxylic acids is 1. The number of rotatable bonds is 5. The van der Waals surface area contributed by atoms with E-state index in [9.17, 15) is 4.79 Å². The zero-order valence-corrected chi connectivity index (χ0v) is 13.1. The van der Waals surface area contributed by atoms with Crippen molar-refractivity contribution in [1.29, 1.82) is 0 Å². The van der Waals surface area contributed by atoms with E-state index in [1.54, 1.807) is 0 Å². The van der Waals surface area contributed by atoms with Crippen molar-refractivity contribution < 1.29 is 9.90 Å². The Hall–Kier alpha value is -0.520. The van der Waals surface area contributed by atoms with Gasteiger partial charge in [0.05, 0.1) is 0 Å². The Labute approximate surface area is 122 Å². The SMILES string of the molecule is CSC1CCC(NCc2cc(C(=O)O)sc2C)CC1. The minimum absolute atomic E-state index is 0.445. The molecule has 5 heteroatoms. The van der Waals surface area contributed by atoms with Gasteiger partial charge in [-0.2, -0.15) is 11.8 Å². The van der Waals surface area contributed by atoms with Crippen LogP contribution < -0.4 is 5.32 Å². The Kier molecular flexibility index (Phi) is 5.30. The molecule has 0 radical (unpaired) electrons. The maximum Gasteiger partial charge on any atom is 0.345 e. The van der Waals surface area contributed by atoms with Crippen molar-refractivity contribution in [2.45, 2.75) is 50.4 Å². The number of thiophene rings is 1. The van der Waals surface area contributed by atoms with Crippen molar-refractivity contribution >= 4 is 29.1 Å². The highest BCUT2D eigenvalue weighted by Gasteiger charge is 2.20. The molecule has 2 rings (SSSR count). The van der Waals surface area contributed by atoms with Gasteiger partial charge in [-0.05, 0) is 50.5 Å². The van der Waals surface area contributed by atoms with Gasteiger partial charge in [0.25, 0.3) is 0 Å². The average molecular weight is 299 g/mol. The quantitative estimate of drug-likeness (QED) is 0.873. The fourth-order valence-electron chi connectivity index (χ4n) is 2.56. The zero-order chi connectivity index (χ0) is 13.8. The van der Waals surface area contributed by atoms with Gasteiger partial charge in [-0.1, -0.05) is 0 Å². The lowest BCUT2D eigenvalue weighted by Crippen LogP contribution is -2.33. The maximum absolute atomic E-state index is 10.9. The van der Waals surface area contributed by atoms with Gasteiger partial charge < -0.3 is 10.4 Å². The van der Waals surface area contributed by atoms with Gasteiger partial charge in [-0.25, -0.2) is 4.79 Å². The molecule has 1 aromatic rings. The van der Waals surface area contributed by atoms with E-state index in [-0.39, 0.29) is 0 Å². The first-order valence-electron chi connectivity index (χ1n) is 6.69. The van der Waals surface area contributed by atoms with E-state index in [2.05, 4.69) is 11.6 Å². The zero-order valence-electron chi connectivity index (χ0n) is 11.4. The molecule has 1 aliphatic carbocycles. The Morgan fingerprint density at radius 2 is 2.16 bits per heavy atom. The topological polar surface area (TPSA) is 49.3 Å². The number of thioether (sulfide) groups is 1. The minimum Gasteiger partial charge on any atom is -0.477 e. The highest BCUT2D eigenvalue weighted by molar-refractivity contribution is 7.99. The molecule has 3 nitrogen and oxygen atoms in total. The van der Waals surface area contributed by atoms with Gasteiger partial charge in [-0.3, -0.25) is 0 Å². The first-order chi connectivity index (χ1) is 9.10. The highest BCUT2D eigenvalue weighted by atomic mass is 32.2. The Bertz CT molecular complexity index is 437. The predicted molar refractivity (Wildman–Crippen MR) is 82.4 cm³/mol. The molecule has 0 amide bonds. The summed E-state index contributed by atoms with van der Waals surface area (Å²) in [4.78, 5) is 12.5. The number of hydrogen-bond acceptors (Lipinski definition) is 4. The van der Waals surface area contributed by atoms with Crippen LogP contribution in [0, 0.1) is 6.92 Å². The van der Waals surface area contributed by atoms with E-state index >= 15 is 0 Å². The van der Waals surface area contributed by atoms with Gasteiger partial charge in [0.15, 0.2) is 0 Å². The van der Waals surface area contributed by atoms with E-state index in [4.69, 9.17) is 5.11 Å². The molecule has 1 saturated carbocycles. The van der Waals surface area contributed by atoms with Gasteiger partial charge in [-0.15, -0.1) is 11.3 Å². The second-order valence-corrected chi connectivity index (χ2v) is 7.48. The second kappa shape index (κ2) is 6.77. The van der Waals surface area contributed by atoms with Crippen LogP contribution in [0.15, 0.2) is 6.07 Å². The lowest BCUT2D eigenvalue weighted by molar-refractivity contribution is 0.0702. The summed E-state index contributed by atoms with van der Waals surface area (Å²) in [6, 6.07) is 2.40. The van der Waals surface area contributed by atoms with Crippen LogP contribution in [0.25, 0.3) is 0 Å². The molecule has 0 aromatic carbocycles. The van der Waals surface area contributed by atoms with E-state index in [1.165, 1.54) is 37.0 Å². The molecule has 2 N–H and O–H groups in total. The normalized spacial score (nSPS) is 23.5. The van der Waals surface area contributed by atoms with Crippen molar-refractivity contribution in [3.63, 3.8) is 0 Å². The monoisotopic (exact) mass is 299 g/mol. The van der Waals surface area contributed by atoms with Crippen molar-refractivity contribution in [1.82, 2.24) is 5.32 Å². The summed E-state index contributed by atoms with van der Waals surface area (Å²) in [6.45, 7) is 2.79. The van der Waals surface area contributed by atoms with E-state index in [0.29, 0.717) is 10.9 Å². The predicted octanol–water partition coefficient (Wildman–Crippen LogP) is 3.52. The third kappa shape index (κ3) is 3.97. The smallest absolute Gasteiger partial charge is 0.345 e. The van der Waals surface area contributed by atoms with Crippen LogP contribution >= 0.6 is 23.1 Å². The summed E-state index contributed by atoms with van der Waals surface area (Å²) < 4.78 is 0. The maximum atomic E-state index is 10.9. The summed E-state index contributed by atoms with van der Waals surface area (Å²) >= 11 is 3.35. The molecule has 0 unspecified atom stereocenters. The molecular weight excluding hydrogens is 278 g/mol. The van der Waals surface area contributed by atoms with Crippen LogP contribution in [0.1, 0.15) is 45.8 Å². The highest BCUT2D eigenvalue weighted by Crippen LogP contribution is 2.27. The van der Waals surface area contributed by atoms with Gasteiger partial charge in [0, 0.05) is 22.7 Å². The number of carbonyl (C=O) groups is 1. The first kappa shape index (κ1) is 14.9. The molecule has 0 bridgehead atoms. The molecule has 0 aliphatic heterocycles. The average Bonchev–Trinajstić information content (AvgIpc) is 2.79. The molecule has 106 valence electrons. The van der Waals surface area contributed by atoms with Crippen molar-refractivity contribution in [2.24, 2.45) is 0 Å². The molecule has 1 aromatic heterocycles. The van der Waals surface area contributed by atoms with Gasteiger partial charge >= 0.3 is 5.97 Å². The summed E-state index contributed by atoms with van der Waals surface area (Å²) in [5.41, 5.74) is 1.13. The fraction of sp³-hybridized carbons (Fsp3) is 0.643. The van der Waals surface area contributed by atoms with Crippen molar-refractivity contribution in [3.05, 3.63) is 21.4 Å². The second-order valence-electron chi connectivity index (χ2n) is 5.09. The lowest BCUT2D eigenvalue weighted by atomic mass is 9.95. The summed E-state index contributed by atoms with van der Waals surface area (Å²) in [7, 11) is 0. The van der Waals surface area contributed by atoms with Crippen LogP contribution in [0.5, 0.6) is 0 Å². The number of hydrogen-bond donors (Lipinski definition) is 2. The third-order valence-electron chi connectivity index (χ3n) is 3.82. The molecule has 0 atom stereocenters. The van der Waals surface area contributed by atoms with Crippen LogP contribution in [-0.2, 0) is 6.54 Å². The Morgan fingerprint density at radius 3 is 2.68 bits per heavy atom. The molecule has 1 fully saturated rings. The Balaban J connectivity index is 1.84. The number of nitrogens with one attached hydrogen (secondary N) is 1. The van der Waals surface area contributed by atoms with Crippen molar-refractivity contribution in [2.75, 3.05) is 6.26 Å². The van der Waals surface area contributed by atoms with Crippen LogP contribution in [0.4, 0.5) is 0 Å². The van der Waals surface area contributed by atoms with Crippen LogP contribution in [0.3, 0.4) is 0 Å². The third-order valence-corrected chi connectivity index (χ3v) is 6.04. The largest absolute Gasteiger partial charge is 0.477 e. The molecule has 0 saturated heterocycles. The fourth-order valence-corrected chi connectivity index (χ4v) is 4.18. The number of carboxylic acid groups (broad SMARTS) is 1. The summed E-state index contributed by atoms with van der Waals surface area (Å²) in [5.74, 6) is -0.820. The van der Waals surface area contributed by atoms with Gasteiger partial charge in [0.1, 0.15) is 4.88 Å². The molecule has 0 spiro atoms. The van der Waals surface area contributed by atoms with Gasteiger partial charge in [0.2, 0.25) is 0 Å². The van der Waals surface area contributed by atoms with Crippen molar-refractivity contribution in [3.8, 4) is 0 Å². The summed E-state index contributed by atoms with van der Waals surface area (Å²) in [5, 5.41) is 13.4. The molecule has 19 heavy (non-hydrogen) atoms. The van der Waals surface area contributed by atoms with E-state index < -0.39 is 5.97 Å². The standard InChI is InChI=1S/C14H21NO2S2/c1-9-10(7-13(19-9)14(16)17)8-15-11-3-5-12(18-2)6-4-11/h7,11-12,15H,3-6,8H2,1-2H3,(H,16,17). The van der Waals surface area contributed by atoms with E-state index in [1.807, 2.05) is 24.8 Å². The van der Waals surface area contributed by atoms with E-state index in [0.717, 1.165) is 22.2 Å². The number of aryl methyl sites for hydroxylation is 1. The summed E-state index contributed by atoms with van der Waals surface area (Å²) in [6.07, 6.45) is 7.26. The number of aromatic carboxylic acids is 1. The first-order valence-corrected chi connectivity index (χ1v) is 8.79. The van der Waals surface area contributed by atoms with Crippen LogP contribution in [0.2, 0.25) is 0 Å². The Morgan fingerprint density at radius 1 is 1.47 bits per heavy atom. The molecular formula is C14H21NO2S2. The lowest BCUT2D eigenvalue weighted by Gasteiger charge is -2.28. The molecule has 1 heterocycles. The minimum atomic E-state index is -0.820.